The first-order valence-corrected chi connectivity index (χ1v) is 17.0. The fourth-order valence-electron chi connectivity index (χ4n) is 7.81. The molecule has 0 unspecified atom stereocenters. The van der Waals surface area contributed by atoms with E-state index in [-0.39, 0.29) is 0 Å². The molecule has 0 radical (unpaired) electrons. The lowest BCUT2D eigenvalue weighted by Crippen LogP contribution is -2.05. The Morgan fingerprint density at radius 1 is 0.615 bits per heavy atom. The minimum absolute atomic E-state index is 0.521. The van der Waals surface area contributed by atoms with Gasteiger partial charge in [-0.1, -0.05) is 78.9 Å². The molecule has 4 aromatic heterocycles. The Bertz CT molecular complexity index is 3010. The summed E-state index contributed by atoms with van der Waals surface area (Å²) < 4.78 is 46.3. The van der Waals surface area contributed by atoms with Gasteiger partial charge in [0.1, 0.15) is 11.6 Å². The van der Waals surface area contributed by atoms with E-state index < -0.39 is 11.7 Å². The molecular weight excluding hydrogens is 656 g/mol. The van der Waals surface area contributed by atoms with Gasteiger partial charge in [-0.3, -0.25) is 9.13 Å². The first kappa shape index (κ1) is 30.2. The monoisotopic (exact) mass is 683 g/mol. The molecule has 6 aromatic carbocycles. The third-order valence-electron chi connectivity index (χ3n) is 10.1. The highest BCUT2D eigenvalue weighted by Crippen LogP contribution is 2.42. The second-order valence-electron chi connectivity index (χ2n) is 13.1. The summed E-state index contributed by atoms with van der Waals surface area (Å²) in [5.74, 6) is 1.42. The van der Waals surface area contributed by atoms with Crippen molar-refractivity contribution in [2.45, 2.75) is 13.1 Å². The highest BCUT2D eigenvalue weighted by atomic mass is 19.4. The zero-order chi connectivity index (χ0) is 35.1. The third kappa shape index (κ3) is 4.50. The number of hydrogen-bond donors (Lipinski definition) is 1. The van der Waals surface area contributed by atoms with Crippen LogP contribution in [0.2, 0.25) is 0 Å². The van der Waals surface area contributed by atoms with E-state index in [1.807, 2.05) is 71.3 Å². The Morgan fingerprint density at radius 3 is 2.21 bits per heavy atom. The van der Waals surface area contributed by atoms with Crippen molar-refractivity contribution in [1.82, 2.24) is 24.1 Å². The molecule has 250 valence electrons. The average Bonchev–Trinajstić information content (AvgIpc) is 3.85. The summed E-state index contributed by atoms with van der Waals surface area (Å²) in [4.78, 5) is 13.7. The Hall–Kier alpha value is -6.67. The molecule has 0 atom stereocenters. The maximum absolute atomic E-state index is 14.0. The Morgan fingerprint density at radius 2 is 1.38 bits per heavy atom. The van der Waals surface area contributed by atoms with E-state index in [9.17, 15) is 13.2 Å². The summed E-state index contributed by atoms with van der Waals surface area (Å²) in [5, 5.41) is 3.51. The van der Waals surface area contributed by atoms with E-state index in [2.05, 4.69) is 75.2 Å². The predicted octanol–water partition coefficient (Wildman–Crippen LogP) is 11.8. The smallest absolute Gasteiger partial charge is 0.354 e. The van der Waals surface area contributed by atoms with Gasteiger partial charge in [0.2, 0.25) is 0 Å². The number of benzene rings is 6. The highest BCUT2D eigenvalue weighted by Gasteiger charge is 2.32. The van der Waals surface area contributed by atoms with E-state index in [1.54, 1.807) is 13.1 Å². The van der Waals surface area contributed by atoms with Gasteiger partial charge in [-0.15, -0.1) is 0 Å². The zero-order valence-corrected chi connectivity index (χ0v) is 27.8. The lowest BCUT2D eigenvalue weighted by molar-refractivity contribution is -0.137. The molecule has 10 aromatic rings. The molecular formula is C44H28F3N5. The predicted molar refractivity (Wildman–Crippen MR) is 203 cm³/mol. The largest absolute Gasteiger partial charge is 0.416 e. The van der Waals surface area contributed by atoms with Gasteiger partial charge in [-0.2, -0.15) is 13.2 Å². The normalized spacial score (nSPS) is 12.2. The van der Waals surface area contributed by atoms with Crippen LogP contribution in [0, 0.1) is 6.92 Å². The average molecular weight is 684 g/mol. The first-order chi connectivity index (χ1) is 25.3. The molecule has 0 saturated heterocycles. The summed E-state index contributed by atoms with van der Waals surface area (Å²) in [5.41, 5.74) is 8.86. The first-order valence-electron chi connectivity index (χ1n) is 17.0. The van der Waals surface area contributed by atoms with Gasteiger partial charge < -0.3 is 4.98 Å². The number of rotatable bonds is 4. The Kier molecular flexibility index (Phi) is 6.48. The number of fused-ring (bicyclic) bond motifs is 7. The van der Waals surface area contributed by atoms with Crippen molar-refractivity contribution in [2.75, 3.05) is 0 Å². The molecule has 0 fully saturated rings. The van der Waals surface area contributed by atoms with Crippen molar-refractivity contribution in [3.05, 3.63) is 157 Å². The lowest BCUT2D eigenvalue weighted by Gasteiger charge is -2.11. The molecule has 52 heavy (non-hydrogen) atoms. The molecule has 0 bridgehead atoms. The maximum Gasteiger partial charge on any atom is 0.416 e. The van der Waals surface area contributed by atoms with Gasteiger partial charge in [0.05, 0.1) is 33.1 Å². The van der Waals surface area contributed by atoms with Crippen LogP contribution in [0.1, 0.15) is 11.1 Å². The summed E-state index contributed by atoms with van der Waals surface area (Å²) >= 11 is 0. The Labute approximate surface area is 295 Å². The van der Waals surface area contributed by atoms with Crippen LogP contribution in [0.4, 0.5) is 13.2 Å². The number of hydrogen-bond acceptors (Lipinski definition) is 2. The fraction of sp³-hybridized carbons (Fsp3) is 0.0455. The van der Waals surface area contributed by atoms with Gasteiger partial charge >= 0.3 is 6.18 Å². The molecule has 0 aliphatic rings. The van der Waals surface area contributed by atoms with Crippen molar-refractivity contribution in [1.29, 1.82) is 0 Å². The van der Waals surface area contributed by atoms with Crippen LogP contribution < -0.4 is 0 Å². The molecule has 1 N–H and O–H groups in total. The Balaban J connectivity index is 1.26. The van der Waals surface area contributed by atoms with Gasteiger partial charge in [-0.05, 0) is 78.7 Å². The SMILES string of the molecule is Cc1cc(C(F)(F)F)cc2c3ccc(-c4cccc5c4nc(-c4cccc6c4[nH]c4ccccc46)n5-c4ccccc4)cc3n(-c3ccccn3)c12. The molecule has 0 aliphatic heterocycles. The lowest BCUT2D eigenvalue weighted by atomic mass is 10.0. The van der Waals surface area contributed by atoms with Crippen LogP contribution >= 0.6 is 0 Å². The van der Waals surface area contributed by atoms with Gasteiger partial charge in [0, 0.05) is 50.1 Å². The van der Waals surface area contributed by atoms with Crippen LogP contribution in [0.3, 0.4) is 0 Å². The standard InChI is InChI=1S/C44H28F3N5/c1-26-23-28(44(45,46)47)25-35-32-21-20-27(24-38(32)52(42(26)35)39-19-7-8-22-48-39)30-14-10-18-37-41(30)50-43(51(37)29-11-3-2-4-12-29)34-16-9-15-33-31-13-5-6-17-36(31)49-40(33)34/h2-25,49H,1H3. The van der Waals surface area contributed by atoms with Crippen LogP contribution in [-0.2, 0) is 6.18 Å². The van der Waals surface area contributed by atoms with Crippen LogP contribution in [0.5, 0.6) is 0 Å². The number of aromatic amines is 1. The molecule has 8 heteroatoms. The maximum atomic E-state index is 14.0. The molecule has 5 nitrogen and oxygen atoms in total. The number of para-hydroxylation sites is 4. The van der Waals surface area contributed by atoms with Crippen molar-refractivity contribution < 1.29 is 13.2 Å². The molecule has 4 heterocycles. The van der Waals surface area contributed by atoms with Crippen molar-refractivity contribution in [3.8, 4) is 34.0 Å². The number of nitrogens with zero attached hydrogens (tertiary/aromatic N) is 4. The summed E-state index contributed by atoms with van der Waals surface area (Å²) in [6, 6.07) is 45.0. The van der Waals surface area contributed by atoms with Crippen molar-refractivity contribution >= 4 is 54.6 Å². The van der Waals surface area contributed by atoms with Crippen LogP contribution in [-0.4, -0.2) is 24.1 Å². The molecule has 10 rings (SSSR count). The second-order valence-corrected chi connectivity index (χ2v) is 13.1. The third-order valence-corrected chi connectivity index (χ3v) is 10.1. The van der Waals surface area contributed by atoms with E-state index in [0.29, 0.717) is 27.7 Å². The number of H-pyrrole nitrogens is 1. The van der Waals surface area contributed by atoms with Crippen molar-refractivity contribution in [3.63, 3.8) is 0 Å². The zero-order valence-electron chi connectivity index (χ0n) is 27.8. The molecule has 0 amide bonds. The number of pyridine rings is 1. The summed E-state index contributed by atoms with van der Waals surface area (Å²) in [6.07, 6.45) is -2.77. The number of aryl methyl sites for hydroxylation is 1. The molecule has 0 saturated carbocycles. The van der Waals surface area contributed by atoms with E-state index in [1.165, 1.54) is 12.1 Å². The number of aromatic nitrogens is 5. The van der Waals surface area contributed by atoms with Gasteiger partial charge in [0.15, 0.2) is 0 Å². The number of nitrogens with one attached hydrogen (secondary N) is 1. The molecule has 0 aliphatic carbocycles. The van der Waals surface area contributed by atoms with Crippen molar-refractivity contribution in [2.24, 2.45) is 0 Å². The van der Waals surface area contributed by atoms with E-state index in [4.69, 9.17) is 4.98 Å². The summed E-state index contributed by atoms with van der Waals surface area (Å²) in [7, 11) is 0. The van der Waals surface area contributed by atoms with Crippen LogP contribution in [0.25, 0.3) is 88.7 Å². The second kappa shape index (κ2) is 11.2. The minimum Gasteiger partial charge on any atom is -0.354 e. The van der Waals surface area contributed by atoms with Gasteiger partial charge in [-0.25, -0.2) is 9.97 Å². The van der Waals surface area contributed by atoms with Gasteiger partial charge in [0.25, 0.3) is 0 Å². The quantitative estimate of drug-likeness (QED) is 0.201. The van der Waals surface area contributed by atoms with Crippen LogP contribution in [0.15, 0.2) is 146 Å². The molecule has 0 spiro atoms. The van der Waals surface area contributed by atoms with E-state index >= 15 is 0 Å². The fourth-order valence-corrected chi connectivity index (χ4v) is 7.81. The number of alkyl halides is 3. The number of halogens is 3. The minimum atomic E-state index is -4.47. The van der Waals surface area contributed by atoms with E-state index in [0.717, 1.165) is 66.6 Å². The highest BCUT2D eigenvalue weighted by molar-refractivity contribution is 6.13. The summed E-state index contributed by atoms with van der Waals surface area (Å²) in [6.45, 7) is 1.73. The number of imidazole rings is 1. The topological polar surface area (TPSA) is 51.4 Å².